The molecule has 0 amide bonds. The van der Waals surface area contributed by atoms with Crippen molar-refractivity contribution >= 4 is 28.9 Å². The lowest BCUT2D eigenvalue weighted by atomic mass is 10.1. The third-order valence-electron chi connectivity index (χ3n) is 4.06. The Morgan fingerprint density at radius 1 is 1.00 bits per heavy atom. The smallest absolute Gasteiger partial charge is 0.229 e. The number of ketones is 1. The van der Waals surface area contributed by atoms with E-state index in [4.69, 9.17) is 0 Å². The van der Waals surface area contributed by atoms with Crippen LogP contribution < -0.4 is 10.6 Å². The van der Waals surface area contributed by atoms with Crippen molar-refractivity contribution in [1.82, 2.24) is 9.97 Å². The number of hydrogen-bond donors (Lipinski definition) is 2. The Bertz CT molecular complexity index is 920. The van der Waals surface area contributed by atoms with E-state index in [1.165, 1.54) is 5.56 Å². The largest absolute Gasteiger partial charge is 0.340 e. The molecular weight excluding hydrogens is 324 g/mol. The summed E-state index contributed by atoms with van der Waals surface area (Å²) in [5.41, 5.74) is 4.64. The molecule has 5 heteroatoms. The van der Waals surface area contributed by atoms with Crippen LogP contribution in [0.2, 0.25) is 0 Å². The number of nitrogens with zero attached hydrogens (tertiary/aromatic N) is 2. The summed E-state index contributed by atoms with van der Waals surface area (Å²) in [4.78, 5) is 20.4. The zero-order valence-corrected chi connectivity index (χ0v) is 15.2. The van der Waals surface area contributed by atoms with Crippen LogP contribution >= 0.6 is 0 Å². The van der Waals surface area contributed by atoms with Crippen molar-refractivity contribution in [3.63, 3.8) is 0 Å². The molecule has 5 nitrogen and oxygen atoms in total. The first-order valence-electron chi connectivity index (χ1n) is 8.64. The summed E-state index contributed by atoms with van der Waals surface area (Å²) >= 11 is 0. The van der Waals surface area contributed by atoms with Gasteiger partial charge >= 0.3 is 0 Å². The third kappa shape index (κ3) is 4.25. The van der Waals surface area contributed by atoms with Gasteiger partial charge in [-0.3, -0.25) is 4.79 Å². The summed E-state index contributed by atoms with van der Waals surface area (Å²) in [6.45, 7) is 5.61. The van der Waals surface area contributed by atoms with Gasteiger partial charge in [-0.1, -0.05) is 25.1 Å². The number of hydrogen-bond acceptors (Lipinski definition) is 5. The van der Waals surface area contributed by atoms with Gasteiger partial charge in [0.05, 0.1) is 0 Å². The molecule has 0 unspecified atom stereocenters. The fraction of sp³-hybridized carbons (Fsp3) is 0.190. The summed E-state index contributed by atoms with van der Waals surface area (Å²) in [6, 6.07) is 17.4. The van der Waals surface area contributed by atoms with Crippen molar-refractivity contribution in [3.8, 4) is 0 Å². The maximum absolute atomic E-state index is 11.4. The van der Waals surface area contributed by atoms with Crippen LogP contribution in [0.4, 0.5) is 23.1 Å². The van der Waals surface area contributed by atoms with E-state index in [0.29, 0.717) is 17.3 Å². The summed E-state index contributed by atoms with van der Waals surface area (Å²) in [5, 5.41) is 6.57. The van der Waals surface area contributed by atoms with Gasteiger partial charge in [0.1, 0.15) is 5.82 Å². The molecule has 1 heterocycles. The van der Waals surface area contributed by atoms with Crippen LogP contribution in [0.1, 0.15) is 35.5 Å². The highest BCUT2D eigenvalue weighted by molar-refractivity contribution is 5.94. The van der Waals surface area contributed by atoms with E-state index in [0.717, 1.165) is 23.5 Å². The Hall–Kier alpha value is -3.21. The Balaban J connectivity index is 1.82. The summed E-state index contributed by atoms with van der Waals surface area (Å²) in [6.07, 6.45) is 0.933. The molecule has 0 bridgehead atoms. The molecule has 0 fully saturated rings. The molecule has 26 heavy (non-hydrogen) atoms. The molecule has 0 atom stereocenters. The van der Waals surface area contributed by atoms with Crippen molar-refractivity contribution in [2.45, 2.75) is 27.2 Å². The molecular formula is C21H22N4O. The quantitative estimate of drug-likeness (QED) is 0.612. The Morgan fingerprint density at radius 3 is 2.42 bits per heavy atom. The standard InChI is InChI=1S/C21H22N4O/c1-4-16-7-5-6-8-19(16)24-21-22-14(2)13-20(25-21)23-18-11-9-17(10-12-18)15(3)26/h5-13H,4H2,1-3H3,(H2,22,23,24,25). The molecule has 3 rings (SSSR count). The van der Waals surface area contributed by atoms with Crippen molar-refractivity contribution in [1.29, 1.82) is 0 Å². The number of para-hydroxylation sites is 1. The Morgan fingerprint density at radius 2 is 1.73 bits per heavy atom. The van der Waals surface area contributed by atoms with Crippen LogP contribution in [-0.4, -0.2) is 15.8 Å². The number of Topliss-reactive ketones (excluding diaryl/α,β-unsaturated/α-hetero) is 1. The van der Waals surface area contributed by atoms with Crippen molar-refractivity contribution in [2.75, 3.05) is 10.6 Å². The van der Waals surface area contributed by atoms with E-state index in [2.05, 4.69) is 33.6 Å². The van der Waals surface area contributed by atoms with Crippen LogP contribution in [0, 0.1) is 6.92 Å². The second-order valence-electron chi connectivity index (χ2n) is 6.11. The second-order valence-corrected chi connectivity index (χ2v) is 6.11. The van der Waals surface area contributed by atoms with E-state index in [-0.39, 0.29) is 5.78 Å². The molecule has 2 N–H and O–H groups in total. The summed E-state index contributed by atoms with van der Waals surface area (Å²) < 4.78 is 0. The van der Waals surface area contributed by atoms with Crippen LogP contribution in [-0.2, 0) is 6.42 Å². The number of rotatable bonds is 6. The first-order valence-corrected chi connectivity index (χ1v) is 8.64. The first kappa shape index (κ1) is 17.6. The van der Waals surface area contributed by atoms with Gasteiger partial charge in [0, 0.05) is 28.7 Å². The third-order valence-corrected chi connectivity index (χ3v) is 4.06. The van der Waals surface area contributed by atoms with Gasteiger partial charge in [-0.15, -0.1) is 0 Å². The molecule has 0 saturated heterocycles. The highest BCUT2D eigenvalue weighted by Crippen LogP contribution is 2.22. The fourth-order valence-corrected chi connectivity index (χ4v) is 2.70. The van der Waals surface area contributed by atoms with E-state index in [1.807, 2.05) is 43.3 Å². The van der Waals surface area contributed by atoms with Crippen LogP contribution in [0.25, 0.3) is 0 Å². The normalized spacial score (nSPS) is 10.4. The van der Waals surface area contributed by atoms with E-state index < -0.39 is 0 Å². The summed E-state index contributed by atoms with van der Waals surface area (Å²) in [5.74, 6) is 1.30. The average Bonchev–Trinajstić information content (AvgIpc) is 2.62. The summed E-state index contributed by atoms with van der Waals surface area (Å²) in [7, 11) is 0. The predicted molar refractivity (Wildman–Crippen MR) is 106 cm³/mol. The van der Waals surface area contributed by atoms with Crippen molar-refractivity contribution in [2.24, 2.45) is 0 Å². The number of carbonyl (C=O) groups is 1. The molecule has 132 valence electrons. The molecule has 0 radical (unpaired) electrons. The lowest BCUT2D eigenvalue weighted by Crippen LogP contribution is -2.04. The highest BCUT2D eigenvalue weighted by atomic mass is 16.1. The molecule has 2 aromatic carbocycles. The second kappa shape index (κ2) is 7.78. The Labute approximate surface area is 153 Å². The number of benzene rings is 2. The minimum atomic E-state index is 0.0514. The lowest BCUT2D eigenvalue weighted by molar-refractivity contribution is 0.101. The van der Waals surface area contributed by atoms with Gasteiger partial charge in [-0.05, 0) is 56.2 Å². The van der Waals surface area contributed by atoms with Crippen LogP contribution in [0.15, 0.2) is 54.6 Å². The molecule has 0 aliphatic carbocycles. The molecule has 3 aromatic rings. The van der Waals surface area contributed by atoms with Gasteiger partial charge in [0.25, 0.3) is 0 Å². The zero-order valence-electron chi connectivity index (χ0n) is 15.2. The van der Waals surface area contributed by atoms with Gasteiger partial charge in [-0.25, -0.2) is 4.98 Å². The number of carbonyl (C=O) groups excluding carboxylic acids is 1. The molecule has 0 spiro atoms. The minimum Gasteiger partial charge on any atom is -0.340 e. The maximum atomic E-state index is 11.4. The lowest BCUT2D eigenvalue weighted by Gasteiger charge is -2.12. The molecule has 0 saturated carbocycles. The highest BCUT2D eigenvalue weighted by Gasteiger charge is 2.06. The minimum absolute atomic E-state index is 0.0514. The predicted octanol–water partition coefficient (Wildman–Crippen LogP) is 5.04. The van der Waals surface area contributed by atoms with E-state index >= 15 is 0 Å². The monoisotopic (exact) mass is 346 g/mol. The molecule has 0 aliphatic rings. The SMILES string of the molecule is CCc1ccccc1Nc1nc(C)cc(Nc2ccc(C(C)=O)cc2)n1. The Kier molecular flexibility index (Phi) is 5.27. The number of aromatic nitrogens is 2. The molecule has 0 aliphatic heterocycles. The van der Waals surface area contributed by atoms with Gasteiger partial charge in [0.15, 0.2) is 5.78 Å². The van der Waals surface area contributed by atoms with Crippen LogP contribution in [0.5, 0.6) is 0 Å². The van der Waals surface area contributed by atoms with E-state index in [1.54, 1.807) is 19.1 Å². The van der Waals surface area contributed by atoms with Crippen molar-refractivity contribution < 1.29 is 4.79 Å². The van der Waals surface area contributed by atoms with Crippen molar-refractivity contribution in [3.05, 3.63) is 71.4 Å². The van der Waals surface area contributed by atoms with Gasteiger partial charge < -0.3 is 10.6 Å². The van der Waals surface area contributed by atoms with Crippen LogP contribution in [0.3, 0.4) is 0 Å². The van der Waals surface area contributed by atoms with E-state index in [9.17, 15) is 4.79 Å². The first-order chi connectivity index (χ1) is 12.5. The zero-order chi connectivity index (χ0) is 18.5. The topological polar surface area (TPSA) is 66.9 Å². The maximum Gasteiger partial charge on any atom is 0.229 e. The number of aryl methyl sites for hydroxylation is 2. The number of anilines is 4. The molecule has 1 aromatic heterocycles. The fourth-order valence-electron chi connectivity index (χ4n) is 2.70. The van der Waals surface area contributed by atoms with Gasteiger partial charge in [-0.2, -0.15) is 4.98 Å². The number of nitrogens with one attached hydrogen (secondary N) is 2. The average molecular weight is 346 g/mol. The van der Waals surface area contributed by atoms with Gasteiger partial charge in [0.2, 0.25) is 5.95 Å².